The molecule has 54 valence electrons. The minimum atomic E-state index is -3.93. The van der Waals surface area contributed by atoms with Crippen molar-refractivity contribution in [1.82, 2.24) is 0 Å². The van der Waals surface area contributed by atoms with Crippen molar-refractivity contribution in [2.75, 3.05) is 12.5 Å². The van der Waals surface area contributed by atoms with Crippen LogP contribution in [0.1, 0.15) is 0 Å². The largest absolute Gasteiger partial charge is 0.354 e. The van der Waals surface area contributed by atoms with E-state index in [1.807, 2.05) is 0 Å². The molecule has 0 aromatic heterocycles. The molecule has 0 radical (unpaired) electrons. The topological polar surface area (TPSA) is 80.9 Å². The SMILES string of the molecule is C[SH](C)(O)=P(O)(O)O. The fourth-order valence-corrected chi connectivity index (χ4v) is 0. The standard InChI is InChI=1S/C2H11O4PS/c1-8(2,6)7(3,4)5/h3-6,8H,1-2H3. The Balaban J connectivity index is 4.84. The lowest BCUT2D eigenvalue weighted by atomic mass is 11.9. The summed E-state index contributed by atoms with van der Waals surface area (Å²) in [5.74, 6) is 0. The van der Waals surface area contributed by atoms with Crippen molar-refractivity contribution in [3.05, 3.63) is 0 Å². The van der Waals surface area contributed by atoms with Crippen LogP contribution in [0.15, 0.2) is 0 Å². The molecule has 0 fully saturated rings. The highest BCUT2D eigenvalue weighted by molar-refractivity contribution is 8.34. The molecule has 0 aromatic carbocycles. The molecule has 0 atom stereocenters. The first-order valence-corrected chi connectivity index (χ1v) is 6.88. The number of rotatable bonds is 0. The van der Waals surface area contributed by atoms with E-state index in [0.717, 1.165) is 0 Å². The molecule has 0 aromatic rings. The van der Waals surface area contributed by atoms with Gasteiger partial charge in [0.15, 0.2) is 0 Å². The molecule has 0 amide bonds. The number of hydrogen-bond acceptors (Lipinski definition) is 0. The Kier molecular flexibility index (Phi) is 2.26. The van der Waals surface area contributed by atoms with Crippen LogP contribution in [0.2, 0.25) is 0 Å². The molecule has 0 heterocycles. The summed E-state index contributed by atoms with van der Waals surface area (Å²) >= 11 is 0. The highest BCUT2D eigenvalue weighted by atomic mass is 32.6. The van der Waals surface area contributed by atoms with Crippen LogP contribution in [0.3, 0.4) is 0 Å². The van der Waals surface area contributed by atoms with Gasteiger partial charge in [0.1, 0.15) is 0 Å². The monoisotopic (exact) mass is 162 g/mol. The van der Waals surface area contributed by atoms with E-state index in [4.69, 9.17) is 19.2 Å². The third-order valence-corrected chi connectivity index (χ3v) is 5.91. The quantitative estimate of drug-likeness (QED) is 0.240. The Morgan fingerprint density at radius 1 is 1.12 bits per heavy atom. The van der Waals surface area contributed by atoms with E-state index in [9.17, 15) is 0 Å². The average Bonchev–Trinajstić information content (AvgIpc) is 1.25. The molecule has 0 aliphatic carbocycles. The Labute approximate surface area is 48.8 Å². The predicted molar refractivity (Wildman–Crippen MR) is 36.8 cm³/mol. The van der Waals surface area contributed by atoms with Crippen LogP contribution in [-0.2, 0) is 9.49 Å². The third kappa shape index (κ3) is 2.26. The second-order valence-electron chi connectivity index (χ2n) is 1.87. The summed E-state index contributed by atoms with van der Waals surface area (Å²) in [4.78, 5) is 25.1. The molecule has 0 rings (SSSR count). The number of thiol groups is 1. The Bertz CT molecular complexity index is 117. The van der Waals surface area contributed by atoms with E-state index in [-0.39, 0.29) is 0 Å². The lowest BCUT2D eigenvalue weighted by molar-refractivity contribution is 0.359. The maximum Gasteiger partial charge on any atom is 0.279 e. The van der Waals surface area contributed by atoms with E-state index < -0.39 is 16.2 Å². The Hall–Kier alpha value is 0.620. The molecule has 8 heavy (non-hydrogen) atoms. The summed E-state index contributed by atoms with van der Waals surface area (Å²) < 4.78 is 8.76. The predicted octanol–water partition coefficient (Wildman–Crippen LogP) is -0.740. The summed E-state index contributed by atoms with van der Waals surface area (Å²) in [6.07, 6.45) is 2.47. The van der Waals surface area contributed by atoms with Crippen molar-refractivity contribution in [2.24, 2.45) is 0 Å². The normalized spacial score (nSPS) is 16.2. The van der Waals surface area contributed by atoms with Crippen LogP contribution < -0.4 is 0 Å². The van der Waals surface area contributed by atoms with Gasteiger partial charge in [-0.3, -0.25) is 0 Å². The van der Waals surface area contributed by atoms with Gasteiger partial charge in [-0.25, -0.2) is 0 Å². The molecular weight excluding hydrogens is 151 g/mol. The Morgan fingerprint density at radius 2 is 1.25 bits per heavy atom. The van der Waals surface area contributed by atoms with Crippen molar-refractivity contribution >= 4 is 16.2 Å². The minimum absolute atomic E-state index is 1.24. The van der Waals surface area contributed by atoms with Crippen molar-refractivity contribution in [2.45, 2.75) is 0 Å². The third-order valence-electron chi connectivity index (χ3n) is 0.657. The smallest absolute Gasteiger partial charge is 0.279 e. The molecule has 0 aliphatic rings. The second-order valence-corrected chi connectivity index (χ2v) is 10.2. The minimum Gasteiger partial charge on any atom is -0.354 e. The molecule has 4 nitrogen and oxygen atoms in total. The van der Waals surface area contributed by atoms with Crippen molar-refractivity contribution < 1.29 is 19.2 Å². The van der Waals surface area contributed by atoms with Gasteiger partial charge in [0.25, 0.3) is 6.72 Å². The lowest BCUT2D eigenvalue weighted by Gasteiger charge is -2.18. The highest BCUT2D eigenvalue weighted by Gasteiger charge is 2.10. The van der Waals surface area contributed by atoms with Gasteiger partial charge in [0.05, 0.1) is 0 Å². The molecule has 4 N–H and O–H groups in total. The maximum absolute atomic E-state index is 8.76. The van der Waals surface area contributed by atoms with Gasteiger partial charge in [0, 0.05) is 0 Å². The van der Waals surface area contributed by atoms with E-state index in [2.05, 4.69) is 0 Å². The van der Waals surface area contributed by atoms with Crippen LogP contribution in [0.25, 0.3) is 0 Å². The van der Waals surface area contributed by atoms with Gasteiger partial charge in [-0.2, -0.15) is 0 Å². The van der Waals surface area contributed by atoms with Crippen LogP contribution in [0.4, 0.5) is 0 Å². The maximum atomic E-state index is 8.76. The fraction of sp³-hybridized carbons (Fsp3) is 1.00. The highest BCUT2D eigenvalue weighted by Crippen LogP contribution is 2.39. The summed E-state index contributed by atoms with van der Waals surface area (Å²) in [6, 6.07) is 0. The second kappa shape index (κ2) is 2.10. The van der Waals surface area contributed by atoms with Crippen molar-refractivity contribution in [3.8, 4) is 0 Å². The van der Waals surface area contributed by atoms with E-state index in [1.54, 1.807) is 0 Å². The van der Waals surface area contributed by atoms with Crippen LogP contribution in [0.5, 0.6) is 0 Å². The molecule has 0 unspecified atom stereocenters. The number of hydrogen-bond donors (Lipinski definition) is 5. The van der Waals surface area contributed by atoms with Crippen LogP contribution >= 0.6 is 6.72 Å². The van der Waals surface area contributed by atoms with Gasteiger partial charge >= 0.3 is 0 Å². The van der Waals surface area contributed by atoms with Crippen LogP contribution in [0, 0.1) is 0 Å². The first kappa shape index (κ1) is 8.62. The van der Waals surface area contributed by atoms with E-state index >= 15 is 0 Å². The average molecular weight is 162 g/mol. The molecule has 0 bridgehead atoms. The Morgan fingerprint density at radius 3 is 1.25 bits per heavy atom. The first-order chi connectivity index (χ1) is 3.25. The van der Waals surface area contributed by atoms with Gasteiger partial charge < -0.3 is 19.2 Å². The van der Waals surface area contributed by atoms with E-state index in [0.29, 0.717) is 0 Å². The van der Waals surface area contributed by atoms with Crippen molar-refractivity contribution in [1.29, 1.82) is 0 Å². The summed E-state index contributed by atoms with van der Waals surface area (Å²) in [7, 11) is -2.82. The van der Waals surface area contributed by atoms with Crippen molar-refractivity contribution in [3.63, 3.8) is 0 Å². The molecule has 0 spiro atoms. The fourth-order valence-electron chi connectivity index (χ4n) is 0. The molecule has 0 saturated heterocycles. The zero-order valence-electron chi connectivity index (χ0n) is 4.68. The summed E-state index contributed by atoms with van der Waals surface area (Å²) in [5, 5.41) is 0. The van der Waals surface area contributed by atoms with Crippen LogP contribution in [-0.4, -0.2) is 31.7 Å². The molecule has 6 heteroatoms. The lowest BCUT2D eigenvalue weighted by Crippen LogP contribution is -2.06. The zero-order chi connectivity index (χ0) is 7.00. The van der Waals surface area contributed by atoms with Gasteiger partial charge in [0.2, 0.25) is 0 Å². The first-order valence-electron chi connectivity index (χ1n) is 1.89. The molecule has 0 aliphatic heterocycles. The van der Waals surface area contributed by atoms with Gasteiger partial charge in [-0.1, -0.05) is 0 Å². The molecule has 0 saturated carbocycles. The van der Waals surface area contributed by atoms with Gasteiger partial charge in [-0.05, 0) is 12.5 Å². The zero-order valence-corrected chi connectivity index (χ0v) is 6.47. The van der Waals surface area contributed by atoms with Gasteiger partial charge in [-0.15, -0.1) is 9.49 Å². The molecular formula is C2H11O4PS. The summed E-state index contributed by atoms with van der Waals surface area (Å²) in [5.41, 5.74) is 0. The van der Waals surface area contributed by atoms with E-state index in [1.165, 1.54) is 12.5 Å². The summed E-state index contributed by atoms with van der Waals surface area (Å²) in [6.45, 7) is -3.93.